The summed E-state index contributed by atoms with van der Waals surface area (Å²) in [5.74, 6) is 0. The van der Waals surface area contributed by atoms with Crippen LogP contribution in [0.3, 0.4) is 0 Å². The van der Waals surface area contributed by atoms with Crippen LogP contribution in [0.5, 0.6) is 0 Å². The summed E-state index contributed by atoms with van der Waals surface area (Å²) < 4.78 is 45.2. The van der Waals surface area contributed by atoms with Crippen molar-refractivity contribution in [2.75, 3.05) is 13.2 Å². The molecule has 1 saturated heterocycles. The molecule has 5 nitrogen and oxygen atoms in total. The van der Waals surface area contributed by atoms with Crippen LogP contribution in [0.2, 0.25) is 0 Å². The van der Waals surface area contributed by atoms with Gasteiger partial charge in [-0.2, -0.15) is 18.2 Å². The molecule has 9 heteroatoms. The van der Waals surface area contributed by atoms with Gasteiger partial charge in [0.15, 0.2) is 4.80 Å². The molecule has 1 N–H and O–H groups in total. The molecule has 2 amide bonds. The van der Waals surface area contributed by atoms with Gasteiger partial charge in [0.2, 0.25) is 0 Å². The number of amides is 2. The minimum absolute atomic E-state index is 0.0151. The number of halogens is 3. The molecule has 140 valence electrons. The van der Waals surface area contributed by atoms with E-state index in [1.807, 2.05) is 6.92 Å². The van der Waals surface area contributed by atoms with Crippen molar-refractivity contribution in [1.82, 2.24) is 9.88 Å². The summed E-state index contributed by atoms with van der Waals surface area (Å²) in [6.45, 7) is 2.94. The lowest BCUT2D eigenvalue weighted by molar-refractivity contribution is -0.137. The first kappa shape index (κ1) is 18.7. The predicted octanol–water partition coefficient (Wildman–Crippen LogP) is 3.66. The highest BCUT2D eigenvalue weighted by Crippen LogP contribution is 2.29. The van der Waals surface area contributed by atoms with Crippen LogP contribution in [0.1, 0.15) is 23.3 Å². The summed E-state index contributed by atoms with van der Waals surface area (Å²) in [6, 6.07) is 4.24. The number of thiazole rings is 1. The molecule has 0 spiro atoms. The smallest absolute Gasteiger partial charge is 0.376 e. The molecule has 0 unspecified atom stereocenters. The molecule has 0 bridgehead atoms. The normalized spacial score (nSPS) is 18.3. The summed E-state index contributed by atoms with van der Waals surface area (Å²) >= 11 is 1.29. The number of carbonyl (C=O) groups excluding carboxylic acids is 1. The minimum Gasteiger partial charge on any atom is -0.376 e. The summed E-state index contributed by atoms with van der Waals surface area (Å²) in [4.78, 5) is 17.4. The van der Waals surface area contributed by atoms with E-state index in [0.29, 0.717) is 23.6 Å². The number of benzene rings is 1. The lowest BCUT2D eigenvalue weighted by Gasteiger charge is -2.09. The van der Waals surface area contributed by atoms with Crippen LogP contribution >= 0.6 is 11.3 Å². The Hall–Kier alpha value is -2.13. The number of aromatic nitrogens is 1. The van der Waals surface area contributed by atoms with Crippen LogP contribution in [-0.4, -0.2) is 29.9 Å². The number of ether oxygens (including phenoxy) is 1. The summed E-state index contributed by atoms with van der Waals surface area (Å²) in [7, 11) is 0. The van der Waals surface area contributed by atoms with E-state index in [1.54, 1.807) is 10.8 Å². The van der Waals surface area contributed by atoms with Gasteiger partial charge in [0, 0.05) is 29.9 Å². The first-order chi connectivity index (χ1) is 12.3. The van der Waals surface area contributed by atoms with Gasteiger partial charge in [-0.05, 0) is 44.0 Å². The Morgan fingerprint density at radius 2 is 2.12 bits per heavy atom. The zero-order chi connectivity index (χ0) is 18.7. The molecule has 26 heavy (non-hydrogen) atoms. The van der Waals surface area contributed by atoms with Gasteiger partial charge in [0.1, 0.15) is 0 Å². The number of alkyl halides is 3. The predicted molar refractivity (Wildman–Crippen MR) is 91.3 cm³/mol. The maximum absolute atomic E-state index is 12.7. The Morgan fingerprint density at radius 3 is 2.73 bits per heavy atom. The van der Waals surface area contributed by atoms with E-state index in [1.165, 1.54) is 23.5 Å². The van der Waals surface area contributed by atoms with Crippen LogP contribution in [0, 0.1) is 6.92 Å². The molecule has 0 saturated carbocycles. The molecule has 1 fully saturated rings. The largest absolute Gasteiger partial charge is 0.416 e. The van der Waals surface area contributed by atoms with Crippen LogP contribution in [0.15, 0.2) is 35.5 Å². The number of urea groups is 1. The fourth-order valence-corrected chi connectivity index (χ4v) is 3.49. The van der Waals surface area contributed by atoms with E-state index < -0.39 is 17.8 Å². The van der Waals surface area contributed by atoms with Crippen molar-refractivity contribution in [2.45, 2.75) is 32.0 Å². The lowest BCUT2D eigenvalue weighted by atomic mass is 10.2. The summed E-state index contributed by atoms with van der Waals surface area (Å²) in [6.07, 6.45) is -0.747. The zero-order valence-electron chi connectivity index (χ0n) is 14.0. The number of hydrogen-bond donors (Lipinski definition) is 1. The van der Waals surface area contributed by atoms with Crippen LogP contribution in [-0.2, 0) is 10.9 Å². The Morgan fingerprint density at radius 1 is 1.38 bits per heavy atom. The van der Waals surface area contributed by atoms with Crippen molar-refractivity contribution in [3.8, 4) is 5.69 Å². The fourth-order valence-electron chi connectivity index (χ4n) is 2.66. The van der Waals surface area contributed by atoms with Gasteiger partial charge < -0.3 is 10.1 Å². The van der Waals surface area contributed by atoms with E-state index in [2.05, 4.69) is 10.3 Å². The Bertz CT molecular complexity index is 834. The maximum atomic E-state index is 12.7. The van der Waals surface area contributed by atoms with Crippen molar-refractivity contribution in [3.05, 3.63) is 45.7 Å². The highest BCUT2D eigenvalue weighted by molar-refractivity contribution is 7.09. The Kier molecular flexibility index (Phi) is 5.47. The third-order valence-corrected chi connectivity index (χ3v) is 4.84. The molecular formula is C17H18F3N3O2S. The molecule has 0 aliphatic carbocycles. The van der Waals surface area contributed by atoms with E-state index in [4.69, 9.17) is 4.74 Å². The molecule has 1 atom stereocenters. The topological polar surface area (TPSA) is 55.6 Å². The first-order valence-corrected chi connectivity index (χ1v) is 8.95. The molecule has 1 aromatic heterocycles. The monoisotopic (exact) mass is 385 g/mol. The quantitative estimate of drug-likeness (QED) is 0.877. The molecule has 1 aliphatic rings. The molecule has 2 aromatic rings. The van der Waals surface area contributed by atoms with E-state index >= 15 is 0 Å². The van der Waals surface area contributed by atoms with Crippen molar-refractivity contribution in [1.29, 1.82) is 0 Å². The van der Waals surface area contributed by atoms with Gasteiger partial charge >= 0.3 is 12.2 Å². The Balaban J connectivity index is 1.79. The lowest BCUT2D eigenvalue weighted by Crippen LogP contribution is -2.31. The van der Waals surface area contributed by atoms with Crippen LogP contribution in [0.4, 0.5) is 18.0 Å². The van der Waals surface area contributed by atoms with E-state index in [-0.39, 0.29) is 6.10 Å². The number of rotatable bonds is 3. The first-order valence-electron chi connectivity index (χ1n) is 8.14. The number of nitrogens with one attached hydrogen (secondary N) is 1. The molecule has 0 radical (unpaired) electrons. The molecule has 1 aliphatic heterocycles. The second kappa shape index (κ2) is 7.63. The van der Waals surface area contributed by atoms with Crippen LogP contribution < -0.4 is 10.1 Å². The van der Waals surface area contributed by atoms with Crippen molar-refractivity contribution in [3.63, 3.8) is 0 Å². The number of nitrogens with zero attached hydrogens (tertiary/aromatic N) is 2. The fraction of sp³-hybridized carbons (Fsp3) is 0.412. The maximum Gasteiger partial charge on any atom is 0.416 e. The molecule has 3 rings (SSSR count). The number of hydrogen-bond acceptors (Lipinski definition) is 3. The van der Waals surface area contributed by atoms with Crippen LogP contribution in [0.25, 0.3) is 5.69 Å². The van der Waals surface area contributed by atoms with E-state index in [9.17, 15) is 18.0 Å². The third kappa shape index (κ3) is 4.53. The van der Waals surface area contributed by atoms with Crippen molar-refractivity contribution >= 4 is 17.4 Å². The summed E-state index contributed by atoms with van der Waals surface area (Å²) in [5.41, 5.74) is -0.213. The summed E-state index contributed by atoms with van der Waals surface area (Å²) in [5, 5.41) is 2.70. The zero-order valence-corrected chi connectivity index (χ0v) is 14.9. The molecule has 2 heterocycles. The van der Waals surface area contributed by atoms with Gasteiger partial charge in [-0.3, -0.25) is 4.57 Å². The molecular weight excluding hydrogens is 367 g/mol. The van der Waals surface area contributed by atoms with Gasteiger partial charge in [-0.25, -0.2) is 4.79 Å². The second-order valence-corrected chi connectivity index (χ2v) is 7.19. The highest BCUT2D eigenvalue weighted by atomic mass is 32.1. The highest BCUT2D eigenvalue weighted by Gasteiger charge is 2.30. The van der Waals surface area contributed by atoms with E-state index in [0.717, 1.165) is 29.9 Å². The second-order valence-electron chi connectivity index (χ2n) is 5.97. The average Bonchev–Trinajstić information content (AvgIpc) is 3.22. The van der Waals surface area contributed by atoms with Crippen molar-refractivity contribution < 1.29 is 22.7 Å². The van der Waals surface area contributed by atoms with Crippen molar-refractivity contribution in [2.24, 2.45) is 4.99 Å². The SMILES string of the molecule is Cc1cn(-c2ccc(C(F)(F)F)cc2)/c(=N/C(=O)NC[C@@H]2CCCO2)s1. The average molecular weight is 385 g/mol. The number of aryl methyl sites for hydroxylation is 1. The third-order valence-electron chi connectivity index (χ3n) is 3.94. The van der Waals surface area contributed by atoms with Gasteiger partial charge in [-0.1, -0.05) is 0 Å². The van der Waals surface area contributed by atoms with Gasteiger partial charge in [0.05, 0.1) is 11.7 Å². The van der Waals surface area contributed by atoms with Gasteiger partial charge in [0.25, 0.3) is 0 Å². The minimum atomic E-state index is -4.39. The number of carbonyl (C=O) groups is 1. The standard InChI is InChI=1S/C17H18F3N3O2S/c1-11-10-23(13-6-4-12(5-7-13)17(18,19)20)16(26-11)22-15(24)21-9-14-3-2-8-25-14/h4-7,10,14H,2-3,8-9H2,1H3,(H,21,24)/b22-16-/t14-/m0/s1. The Labute approximate surface area is 152 Å². The van der Waals surface area contributed by atoms with Gasteiger partial charge in [-0.15, -0.1) is 11.3 Å². The molecule has 1 aromatic carbocycles.